The van der Waals surface area contributed by atoms with Crippen LogP contribution < -0.4 is 16.0 Å². The molecule has 0 spiro atoms. The Hall–Kier alpha value is -2.20. The molecule has 0 aliphatic carbocycles. The van der Waals surface area contributed by atoms with E-state index < -0.39 is 0 Å². The molecule has 1 aliphatic rings. The third-order valence-electron chi connectivity index (χ3n) is 4.57. The van der Waals surface area contributed by atoms with Gasteiger partial charge in [-0.25, -0.2) is 0 Å². The van der Waals surface area contributed by atoms with Gasteiger partial charge >= 0.3 is 0 Å². The largest absolute Gasteiger partial charge is 0.398 e. The first-order valence-electron chi connectivity index (χ1n) is 8.57. The smallest absolute Gasteiger partial charge is 0.243 e. The van der Waals surface area contributed by atoms with Crippen LogP contribution in [-0.2, 0) is 11.2 Å². The van der Waals surface area contributed by atoms with Gasteiger partial charge in [-0.15, -0.1) is 12.4 Å². The summed E-state index contributed by atoms with van der Waals surface area (Å²) in [5, 5.41) is 3.07. The summed E-state index contributed by atoms with van der Waals surface area (Å²) < 4.78 is 0. The number of carbonyl (C=O) groups excluding carboxylic acids is 1. The van der Waals surface area contributed by atoms with Crippen molar-refractivity contribution >= 4 is 35.4 Å². The molecule has 0 atom stereocenters. The maximum atomic E-state index is 12.6. The van der Waals surface area contributed by atoms with E-state index in [1.165, 1.54) is 5.56 Å². The van der Waals surface area contributed by atoms with E-state index in [0.717, 1.165) is 42.0 Å². The number of nitrogens with one attached hydrogen (secondary N) is 1. The summed E-state index contributed by atoms with van der Waals surface area (Å²) >= 11 is 0. The van der Waals surface area contributed by atoms with E-state index in [1.54, 1.807) is 0 Å². The second-order valence-electron chi connectivity index (χ2n) is 6.66. The summed E-state index contributed by atoms with van der Waals surface area (Å²) in [4.78, 5) is 14.7. The highest BCUT2D eigenvalue weighted by atomic mass is 35.5. The highest BCUT2D eigenvalue weighted by Crippen LogP contribution is 2.31. The Kier molecular flexibility index (Phi) is 6.32. The highest BCUT2D eigenvalue weighted by Gasteiger charge is 2.21. The molecule has 4 nitrogen and oxygen atoms in total. The van der Waals surface area contributed by atoms with E-state index in [2.05, 4.69) is 36.2 Å². The SMILES string of the molecule is CC(C)c1ccccc1NC(=O)CN1CCCc2c(N)cccc21.Cl. The van der Waals surface area contributed by atoms with Crippen molar-refractivity contribution in [3.05, 3.63) is 53.6 Å². The first kappa shape index (κ1) is 19.1. The van der Waals surface area contributed by atoms with Crippen molar-refractivity contribution in [2.24, 2.45) is 0 Å². The summed E-state index contributed by atoms with van der Waals surface area (Å²) in [5.74, 6) is 0.385. The number of halogens is 1. The molecule has 3 rings (SSSR count). The van der Waals surface area contributed by atoms with Gasteiger partial charge < -0.3 is 16.0 Å². The molecule has 0 saturated carbocycles. The summed E-state index contributed by atoms with van der Waals surface area (Å²) in [5.41, 5.74) is 11.2. The zero-order valence-corrected chi connectivity index (χ0v) is 15.6. The van der Waals surface area contributed by atoms with Gasteiger partial charge in [-0.2, -0.15) is 0 Å². The molecule has 0 saturated heterocycles. The molecule has 0 fully saturated rings. The van der Waals surface area contributed by atoms with Crippen molar-refractivity contribution in [2.45, 2.75) is 32.6 Å². The molecule has 2 aromatic rings. The molecule has 5 heteroatoms. The second kappa shape index (κ2) is 8.26. The summed E-state index contributed by atoms with van der Waals surface area (Å²) in [7, 11) is 0. The van der Waals surface area contributed by atoms with Crippen LogP contribution in [0.4, 0.5) is 17.1 Å². The van der Waals surface area contributed by atoms with Gasteiger partial charge in [0.15, 0.2) is 0 Å². The summed E-state index contributed by atoms with van der Waals surface area (Å²) in [6, 6.07) is 13.9. The Morgan fingerprint density at radius 3 is 2.72 bits per heavy atom. The quantitative estimate of drug-likeness (QED) is 0.804. The minimum atomic E-state index is 0. The van der Waals surface area contributed by atoms with Gasteiger partial charge in [0.25, 0.3) is 0 Å². The zero-order valence-electron chi connectivity index (χ0n) is 14.8. The van der Waals surface area contributed by atoms with Crippen LogP contribution in [0, 0.1) is 0 Å². The van der Waals surface area contributed by atoms with Crippen molar-refractivity contribution < 1.29 is 4.79 Å². The number of amides is 1. The summed E-state index contributed by atoms with van der Waals surface area (Å²) in [6.45, 7) is 5.50. The monoisotopic (exact) mass is 359 g/mol. The lowest BCUT2D eigenvalue weighted by Crippen LogP contribution is -2.37. The molecule has 3 N–H and O–H groups in total. The predicted octanol–water partition coefficient (Wildman–Crippen LogP) is 4.21. The highest BCUT2D eigenvalue weighted by molar-refractivity contribution is 5.95. The Balaban J connectivity index is 0.00000225. The molecule has 2 aromatic carbocycles. The Bertz CT molecular complexity index is 745. The van der Waals surface area contributed by atoms with Crippen LogP contribution in [0.25, 0.3) is 0 Å². The average Bonchev–Trinajstić information content (AvgIpc) is 2.56. The van der Waals surface area contributed by atoms with Crippen molar-refractivity contribution in [3.8, 4) is 0 Å². The number of nitrogens with two attached hydrogens (primary N) is 1. The Labute approximate surface area is 155 Å². The lowest BCUT2D eigenvalue weighted by Gasteiger charge is -2.31. The molecule has 0 radical (unpaired) electrons. The number of nitrogens with zero attached hydrogens (tertiary/aromatic N) is 1. The molecule has 1 heterocycles. The van der Waals surface area contributed by atoms with Crippen LogP contribution >= 0.6 is 12.4 Å². The average molecular weight is 360 g/mol. The third kappa shape index (κ3) is 4.26. The van der Waals surface area contributed by atoms with Crippen LogP contribution in [-0.4, -0.2) is 19.0 Å². The van der Waals surface area contributed by atoms with Crippen LogP contribution in [0.15, 0.2) is 42.5 Å². The predicted molar refractivity (Wildman–Crippen MR) is 108 cm³/mol. The van der Waals surface area contributed by atoms with Crippen LogP contribution in [0.1, 0.15) is 37.3 Å². The number of para-hydroxylation sites is 1. The van der Waals surface area contributed by atoms with Crippen LogP contribution in [0.5, 0.6) is 0 Å². The van der Waals surface area contributed by atoms with E-state index in [4.69, 9.17) is 5.73 Å². The number of benzene rings is 2. The molecule has 0 bridgehead atoms. The molecular weight excluding hydrogens is 334 g/mol. The minimum absolute atomic E-state index is 0. The van der Waals surface area contributed by atoms with E-state index in [1.807, 2.05) is 30.3 Å². The number of hydrogen-bond donors (Lipinski definition) is 2. The number of nitrogen functional groups attached to an aromatic ring is 1. The standard InChI is InChI=1S/C20H25N3O.ClH/c1-14(2)15-7-3-4-10-18(15)22-20(24)13-23-12-6-8-16-17(21)9-5-11-19(16)23;/h3-5,7,9-11,14H,6,8,12-13,21H2,1-2H3,(H,22,24);1H. The van der Waals surface area contributed by atoms with Gasteiger partial charge in [-0.05, 0) is 48.1 Å². The molecule has 1 aliphatic heterocycles. The maximum absolute atomic E-state index is 12.6. The molecule has 25 heavy (non-hydrogen) atoms. The second-order valence-corrected chi connectivity index (χ2v) is 6.66. The van der Waals surface area contributed by atoms with E-state index in [9.17, 15) is 4.79 Å². The van der Waals surface area contributed by atoms with Crippen molar-refractivity contribution in [2.75, 3.05) is 29.0 Å². The first-order valence-corrected chi connectivity index (χ1v) is 8.57. The Morgan fingerprint density at radius 1 is 1.20 bits per heavy atom. The minimum Gasteiger partial charge on any atom is -0.398 e. The fourth-order valence-corrected chi connectivity index (χ4v) is 3.37. The lowest BCUT2D eigenvalue weighted by atomic mass is 9.99. The normalized spacial score (nSPS) is 13.2. The molecule has 0 unspecified atom stereocenters. The topological polar surface area (TPSA) is 58.4 Å². The van der Waals surface area contributed by atoms with Gasteiger partial charge in [0, 0.05) is 23.6 Å². The Morgan fingerprint density at radius 2 is 1.96 bits per heavy atom. The number of hydrogen-bond acceptors (Lipinski definition) is 3. The van der Waals surface area contributed by atoms with Crippen molar-refractivity contribution in [1.82, 2.24) is 0 Å². The van der Waals surface area contributed by atoms with Crippen molar-refractivity contribution in [1.29, 1.82) is 0 Å². The number of anilines is 3. The van der Waals surface area contributed by atoms with Gasteiger partial charge in [-0.1, -0.05) is 38.1 Å². The number of fused-ring (bicyclic) bond motifs is 1. The maximum Gasteiger partial charge on any atom is 0.243 e. The van der Waals surface area contributed by atoms with E-state index in [0.29, 0.717) is 12.5 Å². The molecule has 1 amide bonds. The number of carbonyl (C=O) groups is 1. The first-order chi connectivity index (χ1) is 11.6. The van der Waals surface area contributed by atoms with Gasteiger partial charge in [0.05, 0.1) is 6.54 Å². The van der Waals surface area contributed by atoms with Gasteiger partial charge in [-0.3, -0.25) is 4.79 Å². The molecule has 0 aromatic heterocycles. The fraction of sp³-hybridized carbons (Fsp3) is 0.350. The fourth-order valence-electron chi connectivity index (χ4n) is 3.37. The van der Waals surface area contributed by atoms with Crippen LogP contribution in [0.3, 0.4) is 0 Å². The van der Waals surface area contributed by atoms with E-state index in [-0.39, 0.29) is 18.3 Å². The van der Waals surface area contributed by atoms with Gasteiger partial charge in [0.2, 0.25) is 5.91 Å². The zero-order chi connectivity index (χ0) is 17.1. The molecule has 134 valence electrons. The summed E-state index contributed by atoms with van der Waals surface area (Å²) in [6.07, 6.45) is 2.01. The van der Waals surface area contributed by atoms with Crippen LogP contribution in [0.2, 0.25) is 0 Å². The van der Waals surface area contributed by atoms with Crippen molar-refractivity contribution in [3.63, 3.8) is 0 Å². The van der Waals surface area contributed by atoms with E-state index >= 15 is 0 Å². The lowest BCUT2D eigenvalue weighted by molar-refractivity contribution is -0.115. The third-order valence-corrected chi connectivity index (χ3v) is 4.57. The van der Waals surface area contributed by atoms with Gasteiger partial charge in [0.1, 0.15) is 0 Å². The molecular formula is C20H26ClN3O. The number of rotatable bonds is 4.